The number of benzene rings is 2. The van der Waals surface area contributed by atoms with Crippen LogP contribution in [-0.4, -0.2) is 24.6 Å². The Morgan fingerprint density at radius 2 is 1.86 bits per heavy atom. The summed E-state index contributed by atoms with van der Waals surface area (Å²) in [5.41, 5.74) is -5.40. The molecule has 0 amide bonds. The summed E-state index contributed by atoms with van der Waals surface area (Å²) >= 11 is 5.84. The average Bonchev–Trinajstić information content (AvgIpc) is 2.62. The highest BCUT2D eigenvalue weighted by atomic mass is 35.5. The van der Waals surface area contributed by atoms with Gasteiger partial charge < -0.3 is 4.84 Å². The SMILES string of the molecule is CC(=NOCc1ccc([N+](=O)[O-])cc1)c1cc(Cl)ccc1NS(=O)(=O)C(F)(F)F. The molecule has 0 saturated heterocycles. The first-order valence-electron chi connectivity index (χ1n) is 7.69. The first kappa shape index (κ1) is 22.4. The fourth-order valence-electron chi connectivity index (χ4n) is 2.07. The number of alkyl halides is 3. The Morgan fingerprint density at radius 1 is 1.24 bits per heavy atom. The van der Waals surface area contributed by atoms with Crippen LogP contribution in [0, 0.1) is 10.1 Å². The van der Waals surface area contributed by atoms with E-state index in [-0.39, 0.29) is 34.3 Å². The van der Waals surface area contributed by atoms with Crippen molar-refractivity contribution in [1.29, 1.82) is 0 Å². The molecule has 0 spiro atoms. The standard InChI is InChI=1S/C16H13ClF3N3O5S/c1-10(21-28-9-11-2-5-13(6-3-11)23(24)25)14-8-12(17)4-7-15(14)22-29(26,27)16(18,19)20/h2-8,22H,9H2,1H3. The van der Waals surface area contributed by atoms with Gasteiger partial charge in [0.25, 0.3) is 5.69 Å². The van der Waals surface area contributed by atoms with E-state index >= 15 is 0 Å². The number of nitrogens with one attached hydrogen (secondary N) is 1. The van der Waals surface area contributed by atoms with Gasteiger partial charge in [0.1, 0.15) is 6.61 Å². The maximum absolute atomic E-state index is 12.6. The lowest BCUT2D eigenvalue weighted by Gasteiger charge is -2.14. The summed E-state index contributed by atoms with van der Waals surface area (Å²) in [7, 11) is -5.64. The molecule has 0 aromatic heterocycles. The van der Waals surface area contributed by atoms with Crippen molar-refractivity contribution in [3.63, 3.8) is 0 Å². The molecule has 0 atom stereocenters. The quantitative estimate of drug-likeness (QED) is 0.380. The number of nitro benzene ring substituents is 1. The van der Waals surface area contributed by atoms with Crippen molar-refractivity contribution in [1.82, 2.24) is 0 Å². The molecular weight excluding hydrogens is 439 g/mol. The van der Waals surface area contributed by atoms with Crippen molar-refractivity contribution < 1.29 is 31.3 Å². The third kappa shape index (κ3) is 5.81. The zero-order valence-corrected chi connectivity index (χ0v) is 16.2. The highest BCUT2D eigenvalue weighted by Gasteiger charge is 2.46. The number of hydrogen-bond acceptors (Lipinski definition) is 6. The predicted molar refractivity (Wildman–Crippen MR) is 100 cm³/mol. The highest BCUT2D eigenvalue weighted by Crippen LogP contribution is 2.29. The number of oxime groups is 1. The first-order chi connectivity index (χ1) is 13.4. The molecule has 0 unspecified atom stereocenters. The van der Waals surface area contributed by atoms with Crippen molar-refractivity contribution in [2.24, 2.45) is 5.16 Å². The van der Waals surface area contributed by atoms with E-state index in [2.05, 4.69) is 5.16 Å². The molecule has 2 aromatic carbocycles. The number of rotatable bonds is 7. The molecule has 13 heteroatoms. The lowest BCUT2D eigenvalue weighted by molar-refractivity contribution is -0.384. The Bertz CT molecular complexity index is 1040. The normalized spacial score (nSPS) is 12.5. The van der Waals surface area contributed by atoms with Crippen LogP contribution >= 0.6 is 11.6 Å². The van der Waals surface area contributed by atoms with Crippen molar-refractivity contribution in [3.8, 4) is 0 Å². The molecule has 0 saturated carbocycles. The number of nitrogens with zero attached hydrogens (tertiary/aromatic N) is 2. The van der Waals surface area contributed by atoms with Crippen LogP contribution in [0.15, 0.2) is 47.6 Å². The average molecular weight is 452 g/mol. The van der Waals surface area contributed by atoms with E-state index in [1.165, 1.54) is 48.0 Å². The second-order valence-electron chi connectivity index (χ2n) is 5.61. The molecule has 29 heavy (non-hydrogen) atoms. The van der Waals surface area contributed by atoms with E-state index in [1.54, 1.807) is 0 Å². The molecule has 2 rings (SSSR count). The van der Waals surface area contributed by atoms with Crippen molar-refractivity contribution in [2.75, 3.05) is 4.72 Å². The van der Waals surface area contributed by atoms with E-state index in [1.807, 2.05) is 0 Å². The number of hydrogen-bond donors (Lipinski definition) is 1. The lowest BCUT2D eigenvalue weighted by atomic mass is 10.1. The van der Waals surface area contributed by atoms with Gasteiger partial charge in [-0.2, -0.15) is 21.6 Å². The summed E-state index contributed by atoms with van der Waals surface area (Å²) in [5.74, 6) is 0. The molecule has 0 bridgehead atoms. The third-order valence-corrected chi connectivity index (χ3v) is 4.83. The van der Waals surface area contributed by atoms with Crippen molar-refractivity contribution >= 4 is 38.7 Å². The van der Waals surface area contributed by atoms with E-state index in [4.69, 9.17) is 16.4 Å². The third-order valence-electron chi connectivity index (χ3n) is 3.50. The van der Waals surface area contributed by atoms with Gasteiger partial charge in [-0.15, -0.1) is 0 Å². The minimum atomic E-state index is -5.64. The first-order valence-corrected chi connectivity index (χ1v) is 9.56. The van der Waals surface area contributed by atoms with E-state index in [0.29, 0.717) is 5.56 Å². The summed E-state index contributed by atoms with van der Waals surface area (Å²) in [6.45, 7) is 1.30. The molecule has 0 aliphatic carbocycles. The van der Waals surface area contributed by atoms with Crippen molar-refractivity contribution in [3.05, 3.63) is 68.7 Å². The summed E-state index contributed by atoms with van der Waals surface area (Å²) in [5, 5.41) is 14.5. The second-order valence-corrected chi connectivity index (χ2v) is 7.73. The van der Waals surface area contributed by atoms with Crippen molar-refractivity contribution in [2.45, 2.75) is 19.0 Å². The van der Waals surface area contributed by atoms with Gasteiger partial charge in [-0.25, -0.2) is 0 Å². The van der Waals surface area contributed by atoms with Gasteiger partial charge in [0, 0.05) is 22.7 Å². The maximum Gasteiger partial charge on any atom is 0.516 e. The number of anilines is 1. The molecule has 0 heterocycles. The smallest absolute Gasteiger partial charge is 0.391 e. The van der Waals surface area contributed by atoms with E-state index in [0.717, 1.165) is 6.07 Å². The molecule has 0 radical (unpaired) electrons. The van der Waals surface area contributed by atoms with Crippen LogP contribution in [0.4, 0.5) is 24.5 Å². The Morgan fingerprint density at radius 3 is 2.41 bits per heavy atom. The maximum atomic E-state index is 12.6. The monoisotopic (exact) mass is 451 g/mol. The summed E-state index contributed by atoms with van der Waals surface area (Å²) < 4.78 is 62.1. The van der Waals surface area contributed by atoms with Crippen LogP contribution in [0.3, 0.4) is 0 Å². The van der Waals surface area contributed by atoms with Gasteiger partial charge in [-0.3, -0.25) is 14.8 Å². The van der Waals surface area contributed by atoms with Gasteiger partial charge in [0.05, 0.1) is 16.3 Å². The zero-order valence-electron chi connectivity index (χ0n) is 14.6. The molecule has 2 aromatic rings. The minimum absolute atomic E-state index is 0.0194. The Balaban J connectivity index is 2.20. The molecule has 0 aliphatic heterocycles. The van der Waals surface area contributed by atoms with Crippen LogP contribution in [0.25, 0.3) is 0 Å². The van der Waals surface area contributed by atoms with Crippen LogP contribution in [0.2, 0.25) is 5.02 Å². The summed E-state index contributed by atoms with van der Waals surface area (Å²) in [4.78, 5) is 15.2. The van der Waals surface area contributed by atoms with Gasteiger partial charge in [0.15, 0.2) is 0 Å². The van der Waals surface area contributed by atoms with Crippen LogP contribution in [0.5, 0.6) is 0 Å². The molecule has 0 aliphatic rings. The molecule has 8 nitrogen and oxygen atoms in total. The second kappa shape index (κ2) is 8.66. The van der Waals surface area contributed by atoms with Gasteiger partial charge >= 0.3 is 15.5 Å². The number of sulfonamides is 1. The van der Waals surface area contributed by atoms with Gasteiger partial charge in [-0.1, -0.05) is 16.8 Å². The van der Waals surface area contributed by atoms with Crippen LogP contribution in [0.1, 0.15) is 18.1 Å². The molecular formula is C16H13ClF3N3O5S. The lowest BCUT2D eigenvalue weighted by Crippen LogP contribution is -2.30. The number of nitro groups is 1. The van der Waals surface area contributed by atoms with Crippen LogP contribution < -0.4 is 4.72 Å². The van der Waals surface area contributed by atoms with Gasteiger partial charge in [0.2, 0.25) is 0 Å². The number of halogens is 4. The zero-order chi connectivity index (χ0) is 21.8. The Kier molecular flexibility index (Phi) is 6.69. The Labute approximate surface area is 168 Å². The van der Waals surface area contributed by atoms with Gasteiger partial charge in [-0.05, 0) is 42.8 Å². The fraction of sp³-hybridized carbons (Fsp3) is 0.188. The molecule has 1 N–H and O–H groups in total. The Hall–Kier alpha value is -2.86. The summed E-state index contributed by atoms with van der Waals surface area (Å²) in [6, 6.07) is 8.95. The number of non-ortho nitro benzene ring substituents is 1. The van der Waals surface area contributed by atoms with Crippen LogP contribution in [-0.2, 0) is 21.5 Å². The molecule has 156 valence electrons. The minimum Gasteiger partial charge on any atom is -0.391 e. The summed E-state index contributed by atoms with van der Waals surface area (Å²) in [6.07, 6.45) is 0. The highest BCUT2D eigenvalue weighted by molar-refractivity contribution is 7.93. The fourth-order valence-corrected chi connectivity index (χ4v) is 2.83. The van der Waals surface area contributed by atoms with E-state index < -0.39 is 20.5 Å². The predicted octanol–water partition coefficient (Wildman–Crippen LogP) is 4.45. The molecule has 0 fully saturated rings. The largest absolute Gasteiger partial charge is 0.516 e. The topological polar surface area (TPSA) is 111 Å². The van der Waals surface area contributed by atoms with E-state index in [9.17, 15) is 31.7 Å².